The van der Waals surface area contributed by atoms with Gasteiger partial charge in [-0.3, -0.25) is 14.4 Å². The van der Waals surface area contributed by atoms with Gasteiger partial charge in [0.25, 0.3) is 11.8 Å². The first-order valence-electron chi connectivity index (χ1n) is 9.89. The topological polar surface area (TPSA) is 79.0 Å². The number of ether oxygens (including phenoxy) is 1. The molecule has 1 fully saturated rings. The Hall–Kier alpha value is -3.61. The third-order valence-corrected chi connectivity index (χ3v) is 5.29. The van der Waals surface area contributed by atoms with E-state index in [-0.39, 0.29) is 17.7 Å². The Morgan fingerprint density at radius 3 is 2.33 bits per heavy atom. The van der Waals surface area contributed by atoms with Gasteiger partial charge < -0.3 is 15.0 Å². The summed E-state index contributed by atoms with van der Waals surface area (Å²) in [5.74, 6) is -0.279. The highest BCUT2D eigenvalue weighted by Crippen LogP contribution is 2.37. The number of nitrogens with zero attached hydrogens (tertiary/aromatic N) is 2. The summed E-state index contributed by atoms with van der Waals surface area (Å²) < 4.78 is 5.26. The molecule has 7 nitrogen and oxygen atoms in total. The molecule has 0 saturated carbocycles. The van der Waals surface area contributed by atoms with Crippen molar-refractivity contribution in [3.63, 3.8) is 0 Å². The molecular formula is C23H23N3O4. The molecule has 0 aliphatic carbocycles. The molecule has 7 heteroatoms. The minimum Gasteiger partial charge on any atom is -0.497 e. The Morgan fingerprint density at radius 2 is 1.70 bits per heavy atom. The van der Waals surface area contributed by atoms with Crippen LogP contribution in [-0.4, -0.2) is 42.8 Å². The van der Waals surface area contributed by atoms with Gasteiger partial charge in [-0.2, -0.15) is 0 Å². The van der Waals surface area contributed by atoms with Crippen molar-refractivity contribution >= 4 is 34.7 Å². The number of amides is 3. The third-order valence-electron chi connectivity index (χ3n) is 5.29. The van der Waals surface area contributed by atoms with Gasteiger partial charge >= 0.3 is 0 Å². The van der Waals surface area contributed by atoms with Gasteiger partial charge in [-0.1, -0.05) is 18.2 Å². The molecule has 1 saturated heterocycles. The van der Waals surface area contributed by atoms with Gasteiger partial charge in [0, 0.05) is 31.8 Å². The van der Waals surface area contributed by atoms with E-state index < -0.39 is 0 Å². The summed E-state index contributed by atoms with van der Waals surface area (Å²) in [5.41, 5.74) is 2.59. The number of benzene rings is 2. The Bertz CT molecular complexity index is 1040. The van der Waals surface area contributed by atoms with Crippen LogP contribution in [0.4, 0.5) is 11.4 Å². The highest BCUT2D eigenvalue weighted by atomic mass is 16.5. The SMILES string of the molecule is COc1cccc(N2C(=O)C(c3ccc(NC(C)=O)cc3)=C(N3CCCC3)C2=O)c1. The van der Waals surface area contributed by atoms with E-state index in [2.05, 4.69) is 5.32 Å². The summed E-state index contributed by atoms with van der Waals surface area (Å²) in [6.07, 6.45) is 1.97. The van der Waals surface area contributed by atoms with E-state index in [1.54, 1.807) is 55.6 Å². The minimum atomic E-state index is -0.359. The number of rotatable bonds is 5. The number of nitrogens with one attached hydrogen (secondary N) is 1. The second-order valence-electron chi connectivity index (χ2n) is 7.32. The number of anilines is 2. The van der Waals surface area contributed by atoms with Crippen LogP contribution in [0.3, 0.4) is 0 Å². The van der Waals surface area contributed by atoms with Crippen LogP contribution < -0.4 is 15.0 Å². The average Bonchev–Trinajstić information content (AvgIpc) is 3.34. The Balaban J connectivity index is 1.77. The molecule has 2 aliphatic rings. The lowest BCUT2D eigenvalue weighted by molar-refractivity contribution is -0.120. The molecule has 0 atom stereocenters. The van der Waals surface area contributed by atoms with Gasteiger partial charge in [-0.25, -0.2) is 4.90 Å². The van der Waals surface area contributed by atoms with E-state index >= 15 is 0 Å². The van der Waals surface area contributed by atoms with Gasteiger partial charge in [0.1, 0.15) is 11.4 Å². The lowest BCUT2D eigenvalue weighted by Gasteiger charge is -2.20. The van der Waals surface area contributed by atoms with Crippen molar-refractivity contribution in [2.45, 2.75) is 19.8 Å². The van der Waals surface area contributed by atoms with Crippen LogP contribution >= 0.6 is 0 Å². The van der Waals surface area contributed by atoms with E-state index in [1.807, 2.05) is 4.90 Å². The van der Waals surface area contributed by atoms with Crippen LogP contribution in [-0.2, 0) is 14.4 Å². The first-order chi connectivity index (χ1) is 14.5. The van der Waals surface area contributed by atoms with Gasteiger partial charge in [-0.15, -0.1) is 0 Å². The van der Waals surface area contributed by atoms with E-state index in [1.165, 1.54) is 11.8 Å². The molecule has 1 N–H and O–H groups in total. The number of imide groups is 1. The van der Waals surface area contributed by atoms with Crippen LogP contribution in [0.2, 0.25) is 0 Å². The zero-order valence-electron chi connectivity index (χ0n) is 17.0. The standard InChI is InChI=1S/C23H23N3O4/c1-15(27)24-17-10-8-16(9-11-17)20-21(25-12-3-4-13-25)23(29)26(22(20)28)18-6-5-7-19(14-18)30-2/h5-11,14H,3-4,12-13H2,1-2H3,(H,24,27). The average molecular weight is 405 g/mol. The molecule has 0 unspecified atom stereocenters. The summed E-state index contributed by atoms with van der Waals surface area (Å²) in [4.78, 5) is 41.4. The van der Waals surface area contributed by atoms with Crippen molar-refractivity contribution in [1.29, 1.82) is 0 Å². The molecule has 30 heavy (non-hydrogen) atoms. The summed E-state index contributed by atoms with van der Waals surface area (Å²) >= 11 is 0. The Kier molecular flexibility index (Phi) is 5.27. The zero-order valence-corrected chi connectivity index (χ0v) is 17.0. The number of likely N-dealkylation sites (tertiary alicyclic amines) is 1. The van der Waals surface area contributed by atoms with Crippen LogP contribution in [0.1, 0.15) is 25.3 Å². The van der Waals surface area contributed by atoms with Crippen molar-refractivity contribution in [3.8, 4) is 5.75 Å². The van der Waals surface area contributed by atoms with Gasteiger partial charge in [0.15, 0.2) is 0 Å². The molecule has 0 bridgehead atoms. The predicted molar refractivity (Wildman–Crippen MR) is 114 cm³/mol. The first kappa shape index (κ1) is 19.7. The molecule has 2 heterocycles. The van der Waals surface area contributed by atoms with Crippen molar-refractivity contribution in [1.82, 2.24) is 4.90 Å². The van der Waals surface area contributed by atoms with Crippen LogP contribution in [0.5, 0.6) is 5.75 Å². The molecule has 2 aromatic rings. The maximum absolute atomic E-state index is 13.5. The third kappa shape index (κ3) is 3.54. The second-order valence-corrected chi connectivity index (χ2v) is 7.32. The fraction of sp³-hybridized carbons (Fsp3) is 0.261. The van der Waals surface area contributed by atoms with E-state index in [9.17, 15) is 14.4 Å². The molecular weight excluding hydrogens is 382 g/mol. The second kappa shape index (κ2) is 8.02. The fourth-order valence-corrected chi connectivity index (χ4v) is 3.92. The van der Waals surface area contributed by atoms with Crippen molar-refractivity contribution < 1.29 is 19.1 Å². The maximum Gasteiger partial charge on any atom is 0.282 e. The highest BCUT2D eigenvalue weighted by molar-refractivity contribution is 6.45. The maximum atomic E-state index is 13.5. The van der Waals surface area contributed by atoms with E-state index in [4.69, 9.17) is 4.74 Å². The monoisotopic (exact) mass is 405 g/mol. The van der Waals surface area contributed by atoms with E-state index in [0.717, 1.165) is 25.9 Å². The Morgan fingerprint density at radius 1 is 1.00 bits per heavy atom. The summed E-state index contributed by atoms with van der Waals surface area (Å²) in [6.45, 7) is 2.93. The lowest BCUT2D eigenvalue weighted by Crippen LogP contribution is -2.34. The minimum absolute atomic E-state index is 0.170. The molecule has 154 valence electrons. The Labute approximate surface area is 174 Å². The number of carbonyl (C=O) groups is 3. The quantitative estimate of drug-likeness (QED) is 0.774. The molecule has 3 amide bonds. The number of carbonyl (C=O) groups excluding carboxylic acids is 3. The van der Waals surface area contributed by atoms with Gasteiger partial charge in [0.05, 0.1) is 18.4 Å². The van der Waals surface area contributed by atoms with Crippen LogP contribution in [0.25, 0.3) is 5.57 Å². The van der Waals surface area contributed by atoms with Gasteiger partial charge in [-0.05, 0) is 42.7 Å². The molecule has 2 aromatic carbocycles. The molecule has 2 aliphatic heterocycles. The highest BCUT2D eigenvalue weighted by Gasteiger charge is 2.43. The fourth-order valence-electron chi connectivity index (χ4n) is 3.92. The zero-order chi connectivity index (χ0) is 21.3. The normalized spacial score (nSPS) is 16.5. The van der Waals surface area contributed by atoms with Gasteiger partial charge in [0.2, 0.25) is 5.91 Å². The predicted octanol–water partition coefficient (Wildman–Crippen LogP) is 3.03. The lowest BCUT2D eigenvalue weighted by atomic mass is 10.0. The largest absolute Gasteiger partial charge is 0.497 e. The number of hydrogen-bond acceptors (Lipinski definition) is 5. The summed E-state index contributed by atoms with van der Waals surface area (Å²) in [7, 11) is 1.54. The van der Waals surface area contributed by atoms with Crippen molar-refractivity contribution in [2.24, 2.45) is 0 Å². The molecule has 4 rings (SSSR count). The number of methoxy groups -OCH3 is 1. The summed E-state index contributed by atoms with van der Waals surface area (Å²) in [6, 6.07) is 13.9. The first-order valence-corrected chi connectivity index (χ1v) is 9.89. The van der Waals surface area contributed by atoms with Crippen LogP contribution in [0.15, 0.2) is 54.2 Å². The van der Waals surface area contributed by atoms with Crippen molar-refractivity contribution in [3.05, 3.63) is 59.8 Å². The van der Waals surface area contributed by atoms with Crippen molar-refractivity contribution in [2.75, 3.05) is 30.4 Å². The summed E-state index contributed by atoms with van der Waals surface area (Å²) in [5, 5.41) is 2.71. The smallest absolute Gasteiger partial charge is 0.282 e. The van der Waals surface area contributed by atoms with E-state index in [0.29, 0.717) is 34.0 Å². The molecule has 0 spiro atoms. The molecule has 0 aromatic heterocycles. The number of hydrogen-bond donors (Lipinski definition) is 1. The molecule has 0 radical (unpaired) electrons. The van der Waals surface area contributed by atoms with Crippen LogP contribution in [0, 0.1) is 0 Å².